The molecule has 3 rings (SSSR count). The molecule has 0 atom stereocenters. The van der Waals surface area contributed by atoms with Gasteiger partial charge in [-0.15, -0.1) is 0 Å². The minimum Gasteiger partial charge on any atom is -0.492 e. The largest absolute Gasteiger partial charge is 0.492 e. The molecular formula is C15H15ClN2O. The van der Waals surface area contributed by atoms with E-state index in [1.807, 2.05) is 30.3 Å². The van der Waals surface area contributed by atoms with E-state index in [4.69, 9.17) is 16.3 Å². The highest BCUT2D eigenvalue weighted by Gasteiger charge is 2.15. The first-order valence-corrected chi connectivity index (χ1v) is 6.73. The fraction of sp³-hybridized carbons (Fsp3) is 0.267. The average molecular weight is 275 g/mol. The Hall–Kier alpha value is -1.58. The van der Waals surface area contributed by atoms with Crippen LogP contribution in [-0.4, -0.2) is 23.0 Å². The first kappa shape index (κ1) is 12.5. The average Bonchev–Trinajstić information content (AvgIpc) is 2.60. The van der Waals surface area contributed by atoms with Gasteiger partial charge in [0.1, 0.15) is 17.5 Å². The van der Waals surface area contributed by atoms with Crippen molar-refractivity contribution in [2.75, 3.05) is 13.2 Å². The Bertz CT molecular complexity index is 574. The van der Waals surface area contributed by atoms with Crippen LogP contribution in [-0.2, 0) is 13.1 Å². The summed E-state index contributed by atoms with van der Waals surface area (Å²) in [6, 6.07) is 13.9. The van der Waals surface area contributed by atoms with Crippen molar-refractivity contribution in [1.29, 1.82) is 0 Å². The number of fused-ring (bicyclic) bond motifs is 1. The maximum atomic E-state index is 5.92. The van der Waals surface area contributed by atoms with Gasteiger partial charge in [0.15, 0.2) is 0 Å². The van der Waals surface area contributed by atoms with Gasteiger partial charge in [0.05, 0.1) is 5.69 Å². The van der Waals surface area contributed by atoms with Crippen molar-refractivity contribution in [3.63, 3.8) is 0 Å². The normalized spacial score (nSPS) is 15.4. The number of aromatic nitrogens is 1. The van der Waals surface area contributed by atoms with Crippen molar-refractivity contribution >= 4 is 11.6 Å². The number of para-hydroxylation sites is 1. The smallest absolute Gasteiger partial charge is 0.129 e. The summed E-state index contributed by atoms with van der Waals surface area (Å²) >= 11 is 5.92. The molecule has 0 aliphatic carbocycles. The maximum Gasteiger partial charge on any atom is 0.129 e. The highest BCUT2D eigenvalue weighted by molar-refractivity contribution is 6.29. The summed E-state index contributed by atoms with van der Waals surface area (Å²) in [7, 11) is 0. The molecule has 0 amide bonds. The van der Waals surface area contributed by atoms with Crippen LogP contribution < -0.4 is 4.74 Å². The number of hydrogen-bond acceptors (Lipinski definition) is 3. The standard InChI is InChI=1S/C15H15ClN2O/c16-15-7-3-5-13(17-15)11-18-8-9-19-14-6-2-1-4-12(14)10-18/h1-7H,8-11H2. The predicted octanol–water partition coefficient (Wildman–Crippen LogP) is 3.13. The summed E-state index contributed by atoms with van der Waals surface area (Å²) in [5.74, 6) is 0.990. The third-order valence-corrected chi connectivity index (χ3v) is 3.40. The van der Waals surface area contributed by atoms with E-state index in [2.05, 4.69) is 16.0 Å². The Labute approximate surface area is 117 Å². The third kappa shape index (κ3) is 3.06. The molecule has 1 aromatic carbocycles. The predicted molar refractivity (Wildman–Crippen MR) is 75.3 cm³/mol. The van der Waals surface area contributed by atoms with Gasteiger partial charge in [-0.2, -0.15) is 0 Å². The number of nitrogens with zero attached hydrogens (tertiary/aromatic N) is 2. The monoisotopic (exact) mass is 274 g/mol. The number of benzene rings is 1. The fourth-order valence-corrected chi connectivity index (χ4v) is 2.46. The van der Waals surface area contributed by atoms with Crippen molar-refractivity contribution < 1.29 is 4.74 Å². The van der Waals surface area contributed by atoms with Gasteiger partial charge < -0.3 is 4.74 Å². The van der Waals surface area contributed by atoms with Crippen LogP contribution in [0.2, 0.25) is 5.15 Å². The number of ether oxygens (including phenoxy) is 1. The molecule has 1 aromatic heterocycles. The second-order valence-electron chi connectivity index (χ2n) is 4.62. The van der Waals surface area contributed by atoms with Gasteiger partial charge in [0.2, 0.25) is 0 Å². The lowest BCUT2D eigenvalue weighted by Crippen LogP contribution is -2.25. The van der Waals surface area contributed by atoms with Gasteiger partial charge in [-0.25, -0.2) is 4.98 Å². The lowest BCUT2D eigenvalue weighted by Gasteiger charge is -2.18. The number of pyridine rings is 1. The summed E-state index contributed by atoms with van der Waals surface area (Å²) in [5.41, 5.74) is 2.22. The summed E-state index contributed by atoms with van der Waals surface area (Å²) < 4.78 is 5.75. The van der Waals surface area contributed by atoms with Gasteiger partial charge in [-0.3, -0.25) is 4.90 Å². The molecule has 2 heterocycles. The SMILES string of the molecule is Clc1cccc(CN2CCOc3ccccc3C2)n1. The summed E-state index contributed by atoms with van der Waals surface area (Å²) in [5, 5.41) is 0.545. The molecule has 0 saturated heterocycles. The van der Waals surface area contributed by atoms with Crippen LogP contribution in [0.3, 0.4) is 0 Å². The number of rotatable bonds is 2. The van der Waals surface area contributed by atoms with Crippen molar-refractivity contribution in [1.82, 2.24) is 9.88 Å². The highest BCUT2D eigenvalue weighted by Crippen LogP contribution is 2.23. The lowest BCUT2D eigenvalue weighted by molar-refractivity contribution is 0.218. The first-order valence-electron chi connectivity index (χ1n) is 6.36. The van der Waals surface area contributed by atoms with E-state index in [0.717, 1.165) is 31.1 Å². The minimum atomic E-state index is 0.545. The van der Waals surface area contributed by atoms with Crippen LogP contribution in [0.4, 0.5) is 0 Å². The van der Waals surface area contributed by atoms with Crippen molar-refractivity contribution in [3.05, 3.63) is 58.9 Å². The third-order valence-electron chi connectivity index (χ3n) is 3.19. The molecule has 0 N–H and O–H groups in total. The molecular weight excluding hydrogens is 260 g/mol. The second-order valence-corrected chi connectivity index (χ2v) is 5.01. The minimum absolute atomic E-state index is 0.545. The van der Waals surface area contributed by atoms with E-state index >= 15 is 0 Å². The van der Waals surface area contributed by atoms with E-state index in [-0.39, 0.29) is 0 Å². The molecule has 2 aromatic rings. The molecule has 0 radical (unpaired) electrons. The molecule has 3 nitrogen and oxygen atoms in total. The zero-order valence-electron chi connectivity index (χ0n) is 10.6. The van der Waals surface area contributed by atoms with Crippen LogP contribution >= 0.6 is 11.6 Å². The fourth-order valence-electron chi connectivity index (χ4n) is 2.28. The van der Waals surface area contributed by atoms with E-state index in [1.165, 1.54) is 5.56 Å². The Morgan fingerprint density at radius 1 is 1.16 bits per heavy atom. The quantitative estimate of drug-likeness (QED) is 0.787. The Morgan fingerprint density at radius 3 is 2.95 bits per heavy atom. The molecule has 0 unspecified atom stereocenters. The molecule has 98 valence electrons. The van der Waals surface area contributed by atoms with Gasteiger partial charge in [0.25, 0.3) is 0 Å². The van der Waals surface area contributed by atoms with Crippen LogP contribution in [0, 0.1) is 0 Å². The van der Waals surface area contributed by atoms with E-state index < -0.39 is 0 Å². The van der Waals surface area contributed by atoms with Crippen LogP contribution in [0.5, 0.6) is 5.75 Å². The lowest BCUT2D eigenvalue weighted by atomic mass is 10.2. The summed E-state index contributed by atoms with van der Waals surface area (Å²) in [6.45, 7) is 3.27. The van der Waals surface area contributed by atoms with Crippen LogP contribution in [0.25, 0.3) is 0 Å². The Kier molecular flexibility index (Phi) is 3.67. The van der Waals surface area contributed by atoms with Gasteiger partial charge >= 0.3 is 0 Å². The molecule has 4 heteroatoms. The van der Waals surface area contributed by atoms with Crippen molar-refractivity contribution in [3.8, 4) is 5.75 Å². The van der Waals surface area contributed by atoms with Gasteiger partial charge in [-0.1, -0.05) is 35.9 Å². The van der Waals surface area contributed by atoms with E-state index in [0.29, 0.717) is 11.8 Å². The van der Waals surface area contributed by atoms with Crippen LogP contribution in [0.1, 0.15) is 11.3 Å². The van der Waals surface area contributed by atoms with E-state index in [9.17, 15) is 0 Å². The topological polar surface area (TPSA) is 25.4 Å². The molecule has 0 saturated carbocycles. The van der Waals surface area contributed by atoms with Gasteiger partial charge in [0, 0.05) is 25.2 Å². The zero-order valence-corrected chi connectivity index (χ0v) is 11.3. The van der Waals surface area contributed by atoms with Crippen molar-refractivity contribution in [2.45, 2.75) is 13.1 Å². The molecule has 0 bridgehead atoms. The second kappa shape index (κ2) is 5.59. The zero-order chi connectivity index (χ0) is 13.1. The highest BCUT2D eigenvalue weighted by atomic mass is 35.5. The Balaban J connectivity index is 1.76. The summed E-state index contributed by atoms with van der Waals surface area (Å²) in [6.07, 6.45) is 0. The van der Waals surface area contributed by atoms with Crippen LogP contribution in [0.15, 0.2) is 42.5 Å². The molecule has 0 fully saturated rings. The molecule has 0 spiro atoms. The van der Waals surface area contributed by atoms with Crippen molar-refractivity contribution in [2.24, 2.45) is 0 Å². The maximum absolute atomic E-state index is 5.92. The Morgan fingerprint density at radius 2 is 2.05 bits per heavy atom. The number of halogens is 1. The van der Waals surface area contributed by atoms with E-state index in [1.54, 1.807) is 6.07 Å². The molecule has 1 aliphatic rings. The molecule has 19 heavy (non-hydrogen) atoms. The van der Waals surface area contributed by atoms with Gasteiger partial charge in [-0.05, 0) is 18.2 Å². The number of hydrogen-bond donors (Lipinski definition) is 0. The molecule has 1 aliphatic heterocycles. The summed E-state index contributed by atoms with van der Waals surface area (Å²) in [4.78, 5) is 6.66. The first-order chi connectivity index (χ1) is 9.31.